The van der Waals surface area contributed by atoms with E-state index in [1.807, 2.05) is 19.9 Å². The molecule has 0 saturated carbocycles. The molecule has 4 heteroatoms. The van der Waals surface area contributed by atoms with Crippen molar-refractivity contribution in [3.8, 4) is 0 Å². The van der Waals surface area contributed by atoms with Crippen molar-refractivity contribution in [2.75, 3.05) is 11.1 Å². The van der Waals surface area contributed by atoms with Crippen LogP contribution in [0.15, 0.2) is 42.5 Å². The topological polar surface area (TPSA) is 55.1 Å². The van der Waals surface area contributed by atoms with Gasteiger partial charge in [0, 0.05) is 17.3 Å². The number of aryl methyl sites for hydroxylation is 2. The van der Waals surface area contributed by atoms with Crippen molar-refractivity contribution < 1.29 is 9.18 Å². The van der Waals surface area contributed by atoms with Crippen LogP contribution in [0.4, 0.5) is 15.8 Å². The second kappa shape index (κ2) is 7.07. The highest BCUT2D eigenvalue weighted by atomic mass is 19.1. The summed E-state index contributed by atoms with van der Waals surface area (Å²) in [5, 5.41) is 2.89. The van der Waals surface area contributed by atoms with Crippen LogP contribution in [-0.4, -0.2) is 5.91 Å². The number of hydrogen-bond acceptors (Lipinski definition) is 2. The largest absolute Gasteiger partial charge is 0.399 e. The molecule has 2 aromatic rings. The zero-order valence-electron chi connectivity index (χ0n) is 12.9. The number of halogens is 1. The van der Waals surface area contributed by atoms with Crippen LogP contribution in [0, 0.1) is 18.7 Å². The molecule has 116 valence electrons. The summed E-state index contributed by atoms with van der Waals surface area (Å²) < 4.78 is 13.6. The van der Waals surface area contributed by atoms with E-state index in [0.29, 0.717) is 24.1 Å². The van der Waals surface area contributed by atoms with Crippen LogP contribution in [0.2, 0.25) is 0 Å². The van der Waals surface area contributed by atoms with Gasteiger partial charge >= 0.3 is 0 Å². The smallest absolute Gasteiger partial charge is 0.227 e. The first kappa shape index (κ1) is 16.0. The van der Waals surface area contributed by atoms with E-state index in [1.165, 1.54) is 6.07 Å². The molecule has 3 N–H and O–H groups in total. The fourth-order valence-electron chi connectivity index (χ4n) is 2.23. The molecule has 0 aromatic heterocycles. The van der Waals surface area contributed by atoms with Gasteiger partial charge in [-0.05, 0) is 49.1 Å². The predicted octanol–water partition coefficient (Wildman–Crippen LogP) is 3.92. The van der Waals surface area contributed by atoms with Crippen LogP contribution >= 0.6 is 0 Å². The molecule has 0 saturated heterocycles. The van der Waals surface area contributed by atoms with Gasteiger partial charge in [0.15, 0.2) is 0 Å². The first-order valence-electron chi connectivity index (χ1n) is 7.37. The minimum absolute atomic E-state index is 0.0787. The van der Waals surface area contributed by atoms with Gasteiger partial charge in [-0.3, -0.25) is 4.79 Å². The molecule has 1 amide bonds. The van der Waals surface area contributed by atoms with Crippen LogP contribution < -0.4 is 11.1 Å². The van der Waals surface area contributed by atoms with E-state index in [9.17, 15) is 9.18 Å². The van der Waals surface area contributed by atoms with Crippen LogP contribution in [0.5, 0.6) is 0 Å². The number of nitrogens with one attached hydrogen (secondary N) is 1. The Morgan fingerprint density at radius 1 is 1.27 bits per heavy atom. The van der Waals surface area contributed by atoms with Crippen LogP contribution in [0.25, 0.3) is 0 Å². The fourth-order valence-corrected chi connectivity index (χ4v) is 2.23. The summed E-state index contributed by atoms with van der Waals surface area (Å²) in [6, 6.07) is 12.1. The van der Waals surface area contributed by atoms with Crippen molar-refractivity contribution in [1.29, 1.82) is 0 Å². The van der Waals surface area contributed by atoms with E-state index >= 15 is 0 Å². The summed E-state index contributed by atoms with van der Waals surface area (Å²) >= 11 is 0. The monoisotopic (exact) mass is 300 g/mol. The summed E-state index contributed by atoms with van der Waals surface area (Å²) in [7, 11) is 0. The van der Waals surface area contributed by atoms with Crippen molar-refractivity contribution in [2.24, 2.45) is 5.92 Å². The van der Waals surface area contributed by atoms with Crippen molar-refractivity contribution in [2.45, 2.75) is 26.7 Å². The maximum Gasteiger partial charge on any atom is 0.227 e. The molecule has 0 radical (unpaired) electrons. The Balaban J connectivity index is 1.95. The number of rotatable bonds is 5. The van der Waals surface area contributed by atoms with Crippen molar-refractivity contribution in [3.05, 3.63) is 59.4 Å². The third-order valence-corrected chi connectivity index (χ3v) is 3.77. The van der Waals surface area contributed by atoms with Gasteiger partial charge in [-0.1, -0.05) is 31.2 Å². The lowest BCUT2D eigenvalue weighted by atomic mass is 9.99. The minimum atomic E-state index is -0.221. The second-order valence-electron chi connectivity index (χ2n) is 5.59. The summed E-state index contributed by atoms with van der Waals surface area (Å²) in [6.45, 7) is 3.76. The van der Waals surface area contributed by atoms with Crippen molar-refractivity contribution in [3.63, 3.8) is 0 Å². The normalized spacial score (nSPS) is 12.0. The number of amides is 1. The lowest BCUT2D eigenvalue weighted by molar-refractivity contribution is -0.119. The molecule has 22 heavy (non-hydrogen) atoms. The molecule has 0 aliphatic rings. The third kappa shape index (κ3) is 4.07. The highest BCUT2D eigenvalue weighted by Gasteiger charge is 2.15. The van der Waals surface area contributed by atoms with E-state index in [0.717, 1.165) is 11.3 Å². The standard InChI is InChI=1S/C18H21FN2O/c1-12-8-10-15(20)11-17(12)21-18(22)13(2)7-9-14-5-3-4-6-16(14)19/h3-6,8,10-11,13H,7,9,20H2,1-2H3,(H,21,22). The van der Waals surface area contributed by atoms with E-state index in [4.69, 9.17) is 5.73 Å². The molecular weight excluding hydrogens is 279 g/mol. The molecule has 0 bridgehead atoms. The molecule has 1 atom stereocenters. The molecule has 1 unspecified atom stereocenters. The Morgan fingerprint density at radius 3 is 2.73 bits per heavy atom. The minimum Gasteiger partial charge on any atom is -0.399 e. The summed E-state index contributed by atoms with van der Waals surface area (Å²) in [6.07, 6.45) is 1.13. The Morgan fingerprint density at radius 2 is 2.00 bits per heavy atom. The van der Waals surface area contributed by atoms with Crippen LogP contribution in [0.3, 0.4) is 0 Å². The van der Waals surface area contributed by atoms with Gasteiger partial charge < -0.3 is 11.1 Å². The highest BCUT2D eigenvalue weighted by Crippen LogP contribution is 2.20. The maximum absolute atomic E-state index is 13.6. The van der Waals surface area contributed by atoms with Gasteiger partial charge in [-0.15, -0.1) is 0 Å². The molecular formula is C18H21FN2O. The number of anilines is 2. The fraction of sp³-hybridized carbons (Fsp3) is 0.278. The van der Waals surface area contributed by atoms with E-state index < -0.39 is 0 Å². The highest BCUT2D eigenvalue weighted by molar-refractivity contribution is 5.93. The quantitative estimate of drug-likeness (QED) is 0.822. The number of nitrogen functional groups attached to an aromatic ring is 1. The molecule has 0 spiro atoms. The van der Waals surface area contributed by atoms with Gasteiger partial charge in [-0.2, -0.15) is 0 Å². The molecule has 2 aromatic carbocycles. The van der Waals surface area contributed by atoms with Gasteiger partial charge in [0.2, 0.25) is 5.91 Å². The SMILES string of the molecule is Cc1ccc(N)cc1NC(=O)C(C)CCc1ccccc1F. The Hall–Kier alpha value is -2.36. The average Bonchev–Trinajstić information content (AvgIpc) is 2.49. The third-order valence-electron chi connectivity index (χ3n) is 3.77. The number of carbonyl (C=O) groups is 1. The molecule has 3 nitrogen and oxygen atoms in total. The summed E-state index contributed by atoms with van der Waals surface area (Å²) in [5.41, 5.74) is 8.68. The predicted molar refractivity (Wildman–Crippen MR) is 88.1 cm³/mol. The number of nitrogens with two attached hydrogens (primary N) is 1. The molecule has 0 fully saturated rings. The first-order chi connectivity index (χ1) is 10.5. The molecule has 0 aliphatic heterocycles. The Kier molecular flexibility index (Phi) is 5.15. The first-order valence-corrected chi connectivity index (χ1v) is 7.37. The van der Waals surface area contributed by atoms with Crippen molar-refractivity contribution in [1.82, 2.24) is 0 Å². The number of carbonyl (C=O) groups excluding carboxylic acids is 1. The van der Waals surface area contributed by atoms with Gasteiger partial charge in [-0.25, -0.2) is 4.39 Å². The summed E-state index contributed by atoms with van der Waals surface area (Å²) in [4.78, 5) is 12.2. The Labute approximate surface area is 130 Å². The maximum atomic E-state index is 13.6. The van der Waals surface area contributed by atoms with Gasteiger partial charge in [0.25, 0.3) is 0 Å². The van der Waals surface area contributed by atoms with Crippen LogP contribution in [-0.2, 0) is 11.2 Å². The molecule has 0 aliphatic carbocycles. The number of benzene rings is 2. The van der Waals surface area contributed by atoms with Crippen molar-refractivity contribution >= 4 is 17.3 Å². The van der Waals surface area contributed by atoms with Crippen LogP contribution in [0.1, 0.15) is 24.5 Å². The van der Waals surface area contributed by atoms with E-state index in [2.05, 4.69) is 5.32 Å². The van der Waals surface area contributed by atoms with E-state index in [1.54, 1.807) is 30.3 Å². The lowest BCUT2D eigenvalue weighted by Gasteiger charge is -2.14. The number of hydrogen-bond donors (Lipinski definition) is 2. The Bertz CT molecular complexity index is 670. The zero-order valence-corrected chi connectivity index (χ0v) is 12.9. The molecule has 2 rings (SSSR count). The van der Waals surface area contributed by atoms with Gasteiger partial charge in [0.1, 0.15) is 5.82 Å². The lowest BCUT2D eigenvalue weighted by Crippen LogP contribution is -2.21. The summed E-state index contributed by atoms with van der Waals surface area (Å²) in [5.74, 6) is -0.507. The van der Waals surface area contributed by atoms with E-state index in [-0.39, 0.29) is 17.6 Å². The zero-order chi connectivity index (χ0) is 16.1. The molecule has 0 heterocycles. The average molecular weight is 300 g/mol. The second-order valence-corrected chi connectivity index (χ2v) is 5.59. The van der Waals surface area contributed by atoms with Gasteiger partial charge in [0.05, 0.1) is 0 Å².